The van der Waals surface area contributed by atoms with Crippen LogP contribution in [0.1, 0.15) is 36.0 Å². The van der Waals surface area contributed by atoms with Crippen molar-refractivity contribution >= 4 is 0 Å². The fraction of sp³-hybridized carbons (Fsp3) is 0.238. The van der Waals surface area contributed by atoms with Gasteiger partial charge in [0.15, 0.2) is 0 Å². The summed E-state index contributed by atoms with van der Waals surface area (Å²) in [6, 6.07) is 12.7. The number of halogens is 1. The molecule has 1 aliphatic carbocycles. The van der Waals surface area contributed by atoms with Gasteiger partial charge in [-0.25, -0.2) is 4.39 Å². The van der Waals surface area contributed by atoms with E-state index in [4.69, 9.17) is 4.74 Å². The van der Waals surface area contributed by atoms with Crippen molar-refractivity contribution in [2.75, 3.05) is 0 Å². The van der Waals surface area contributed by atoms with Crippen molar-refractivity contribution in [1.82, 2.24) is 9.78 Å². The summed E-state index contributed by atoms with van der Waals surface area (Å²) in [6.07, 6.45) is 3.42. The zero-order valence-corrected chi connectivity index (χ0v) is 14.7. The third kappa shape index (κ3) is 2.64. The van der Waals surface area contributed by atoms with Gasteiger partial charge in [0.05, 0.1) is 11.3 Å². The highest BCUT2D eigenvalue weighted by Gasteiger charge is 2.26. The first kappa shape index (κ1) is 16.3. The molecule has 1 unspecified atom stereocenters. The molecule has 0 bridgehead atoms. The van der Waals surface area contributed by atoms with E-state index in [1.807, 2.05) is 26.1 Å². The molecule has 1 atom stereocenters. The first-order chi connectivity index (χ1) is 12.6. The van der Waals surface area contributed by atoms with Crippen LogP contribution in [0, 0.1) is 17.1 Å². The van der Waals surface area contributed by atoms with E-state index in [9.17, 15) is 9.65 Å². The van der Waals surface area contributed by atoms with Crippen LogP contribution in [-0.4, -0.2) is 9.78 Å². The molecule has 130 valence electrons. The normalized spacial score (nSPS) is 15.5. The van der Waals surface area contributed by atoms with E-state index in [0.29, 0.717) is 17.1 Å². The summed E-state index contributed by atoms with van der Waals surface area (Å²) in [5.41, 5.74) is 3.91. The van der Waals surface area contributed by atoms with Gasteiger partial charge in [0.2, 0.25) is 0 Å². The minimum atomic E-state index is -0.176. The largest absolute Gasteiger partial charge is 0.456 e. The van der Waals surface area contributed by atoms with E-state index >= 15 is 0 Å². The van der Waals surface area contributed by atoms with Crippen molar-refractivity contribution in [3.8, 4) is 28.8 Å². The summed E-state index contributed by atoms with van der Waals surface area (Å²) in [7, 11) is 1.86. The Morgan fingerprint density at radius 2 is 2.04 bits per heavy atom. The van der Waals surface area contributed by atoms with Crippen molar-refractivity contribution < 1.29 is 9.13 Å². The Labute approximate surface area is 151 Å². The minimum absolute atomic E-state index is 0.176. The van der Waals surface area contributed by atoms with Gasteiger partial charge in [-0.3, -0.25) is 4.68 Å². The summed E-state index contributed by atoms with van der Waals surface area (Å²) >= 11 is 0. The highest BCUT2D eigenvalue weighted by atomic mass is 19.1. The number of benzene rings is 2. The van der Waals surface area contributed by atoms with E-state index in [1.54, 1.807) is 29.1 Å². The zero-order chi connectivity index (χ0) is 18.3. The van der Waals surface area contributed by atoms with Gasteiger partial charge in [-0.15, -0.1) is 0 Å². The first-order valence-corrected chi connectivity index (χ1v) is 8.60. The van der Waals surface area contributed by atoms with Gasteiger partial charge in [-0.2, -0.15) is 10.4 Å². The number of aryl methyl sites for hydroxylation is 1. The second kappa shape index (κ2) is 6.30. The first-order valence-electron chi connectivity index (χ1n) is 8.60. The van der Waals surface area contributed by atoms with E-state index < -0.39 is 0 Å². The van der Waals surface area contributed by atoms with E-state index in [-0.39, 0.29) is 11.7 Å². The van der Waals surface area contributed by atoms with Crippen LogP contribution in [0.25, 0.3) is 11.3 Å². The molecule has 0 spiro atoms. The summed E-state index contributed by atoms with van der Waals surface area (Å²) < 4.78 is 21.9. The molecule has 4 rings (SSSR count). The molecule has 1 aliphatic rings. The molecule has 26 heavy (non-hydrogen) atoms. The number of hydrogen-bond donors (Lipinski definition) is 0. The van der Waals surface area contributed by atoms with Crippen molar-refractivity contribution in [3.63, 3.8) is 0 Å². The number of fused-ring (bicyclic) bond motifs is 1. The molecular weight excluding hydrogens is 329 g/mol. The lowest BCUT2D eigenvalue weighted by Crippen LogP contribution is -1.98. The van der Waals surface area contributed by atoms with Gasteiger partial charge in [0.25, 0.3) is 0 Å². The van der Waals surface area contributed by atoms with Crippen molar-refractivity contribution in [3.05, 3.63) is 65.1 Å². The third-order valence-corrected chi connectivity index (χ3v) is 5.02. The molecule has 5 heteroatoms. The maximum atomic E-state index is 14.1. The van der Waals surface area contributed by atoms with E-state index in [1.165, 1.54) is 6.07 Å². The van der Waals surface area contributed by atoms with Gasteiger partial charge in [-0.1, -0.05) is 6.92 Å². The second-order valence-electron chi connectivity index (χ2n) is 6.64. The Balaban J connectivity index is 1.72. The molecule has 2 aromatic carbocycles. The number of hydrogen-bond acceptors (Lipinski definition) is 3. The van der Waals surface area contributed by atoms with Crippen LogP contribution in [0.2, 0.25) is 0 Å². The SMILES string of the molecule is CC1CCc2c(Oc3ccc(-c4ccnn4C)cc3C#N)ccc(F)c21. The van der Waals surface area contributed by atoms with Crippen LogP contribution in [0.5, 0.6) is 11.5 Å². The molecule has 0 saturated carbocycles. The van der Waals surface area contributed by atoms with Crippen molar-refractivity contribution in [2.24, 2.45) is 7.05 Å². The van der Waals surface area contributed by atoms with Crippen LogP contribution >= 0.6 is 0 Å². The zero-order valence-electron chi connectivity index (χ0n) is 14.7. The van der Waals surface area contributed by atoms with Crippen LogP contribution in [0.15, 0.2) is 42.6 Å². The Morgan fingerprint density at radius 3 is 2.77 bits per heavy atom. The number of nitrogens with zero attached hydrogens (tertiary/aromatic N) is 3. The molecule has 0 amide bonds. The molecule has 1 heterocycles. The Bertz CT molecular complexity index is 1030. The fourth-order valence-electron chi connectivity index (χ4n) is 3.65. The number of ether oxygens (including phenoxy) is 1. The highest BCUT2D eigenvalue weighted by Crippen LogP contribution is 2.41. The van der Waals surface area contributed by atoms with Gasteiger partial charge >= 0.3 is 0 Å². The van der Waals surface area contributed by atoms with Crippen LogP contribution < -0.4 is 4.74 Å². The monoisotopic (exact) mass is 347 g/mol. The minimum Gasteiger partial charge on any atom is -0.456 e. The Hall–Kier alpha value is -3.13. The lowest BCUT2D eigenvalue weighted by Gasteiger charge is -2.14. The maximum absolute atomic E-state index is 14.1. The van der Waals surface area contributed by atoms with Gasteiger partial charge in [-0.05, 0) is 60.7 Å². The predicted octanol–water partition coefficient (Wildman–Crippen LogP) is 4.94. The van der Waals surface area contributed by atoms with Crippen LogP contribution in [0.3, 0.4) is 0 Å². The molecular formula is C21H18FN3O. The molecule has 0 radical (unpaired) electrons. The van der Waals surface area contributed by atoms with Crippen LogP contribution in [-0.2, 0) is 13.5 Å². The summed E-state index contributed by atoms with van der Waals surface area (Å²) in [4.78, 5) is 0. The topological polar surface area (TPSA) is 50.8 Å². The van der Waals surface area contributed by atoms with E-state index in [0.717, 1.165) is 35.2 Å². The summed E-state index contributed by atoms with van der Waals surface area (Å²) in [6.45, 7) is 2.03. The smallest absolute Gasteiger partial charge is 0.145 e. The van der Waals surface area contributed by atoms with Crippen LogP contribution in [0.4, 0.5) is 4.39 Å². The number of nitriles is 1. The summed E-state index contributed by atoms with van der Waals surface area (Å²) in [5.74, 6) is 1.13. The fourth-order valence-corrected chi connectivity index (χ4v) is 3.65. The quantitative estimate of drug-likeness (QED) is 0.674. The molecule has 3 aromatic rings. The van der Waals surface area contributed by atoms with Gasteiger partial charge in [0, 0.05) is 24.4 Å². The lowest BCUT2D eigenvalue weighted by molar-refractivity contribution is 0.473. The number of aromatic nitrogens is 2. The van der Waals surface area contributed by atoms with Gasteiger partial charge in [0.1, 0.15) is 23.4 Å². The second-order valence-corrected chi connectivity index (χ2v) is 6.64. The molecule has 0 N–H and O–H groups in total. The van der Waals surface area contributed by atoms with Gasteiger partial charge < -0.3 is 4.74 Å². The Morgan fingerprint density at radius 1 is 1.23 bits per heavy atom. The molecule has 0 saturated heterocycles. The predicted molar refractivity (Wildman–Crippen MR) is 96.6 cm³/mol. The maximum Gasteiger partial charge on any atom is 0.145 e. The van der Waals surface area contributed by atoms with E-state index in [2.05, 4.69) is 11.2 Å². The number of rotatable bonds is 3. The van der Waals surface area contributed by atoms with Crippen molar-refractivity contribution in [2.45, 2.75) is 25.7 Å². The average Bonchev–Trinajstić information content (AvgIpc) is 3.24. The molecule has 4 nitrogen and oxygen atoms in total. The molecule has 1 aromatic heterocycles. The van der Waals surface area contributed by atoms with Crippen molar-refractivity contribution in [1.29, 1.82) is 5.26 Å². The third-order valence-electron chi connectivity index (χ3n) is 5.02. The standard InChI is InChI=1S/C21H18FN3O/c1-13-3-5-16-20(8-6-17(22)21(13)16)26-19-7-4-14(11-15(19)12-23)18-9-10-24-25(18)2/h4,6-11,13H,3,5H2,1-2H3. The molecule has 0 fully saturated rings. The Kier molecular flexibility index (Phi) is 3.96. The lowest BCUT2D eigenvalue weighted by atomic mass is 10.0. The highest BCUT2D eigenvalue weighted by molar-refractivity contribution is 5.65. The average molecular weight is 347 g/mol. The summed E-state index contributed by atoms with van der Waals surface area (Å²) in [5, 5.41) is 13.7. The molecule has 0 aliphatic heterocycles.